The molecule has 4 aromatic carbocycles. The van der Waals surface area contributed by atoms with Crippen molar-refractivity contribution in [2.45, 2.75) is 11.3 Å². The van der Waals surface area contributed by atoms with E-state index in [-0.39, 0.29) is 21.8 Å². The van der Waals surface area contributed by atoms with Gasteiger partial charge in [-0.2, -0.15) is 0 Å². The summed E-state index contributed by atoms with van der Waals surface area (Å²) in [6.45, 7) is -0.343. The van der Waals surface area contributed by atoms with Crippen molar-refractivity contribution in [3.05, 3.63) is 108 Å². The molecule has 4 aromatic rings. The Morgan fingerprint density at radius 3 is 2.16 bits per heavy atom. The third kappa shape index (κ3) is 7.64. The SMILES string of the molecule is COc1ccc(S(=O)(=O)N(CC(=O)Nc2ccccc2C(=O)NCCc2ccc(OC)c(OC)c2)c2ccc(F)cc2)cc1. The molecule has 2 amide bonds. The van der Waals surface area contributed by atoms with Crippen LogP contribution in [0.4, 0.5) is 15.8 Å². The van der Waals surface area contributed by atoms with Gasteiger partial charge < -0.3 is 24.8 Å². The van der Waals surface area contributed by atoms with Crippen LogP contribution in [-0.2, 0) is 21.2 Å². The van der Waals surface area contributed by atoms with Gasteiger partial charge in [0.15, 0.2) is 11.5 Å². The van der Waals surface area contributed by atoms with Crippen LogP contribution in [-0.4, -0.2) is 54.7 Å². The second-order valence-electron chi connectivity index (χ2n) is 9.45. The fourth-order valence-corrected chi connectivity index (χ4v) is 5.78. The number of rotatable bonds is 13. The molecule has 230 valence electrons. The summed E-state index contributed by atoms with van der Waals surface area (Å²) >= 11 is 0. The van der Waals surface area contributed by atoms with Crippen molar-refractivity contribution in [2.24, 2.45) is 0 Å². The van der Waals surface area contributed by atoms with Gasteiger partial charge in [0.2, 0.25) is 5.91 Å². The van der Waals surface area contributed by atoms with Crippen LogP contribution in [0.1, 0.15) is 15.9 Å². The van der Waals surface area contributed by atoms with E-state index in [1.165, 1.54) is 43.5 Å². The van der Waals surface area contributed by atoms with Crippen LogP contribution < -0.4 is 29.1 Å². The molecule has 0 aromatic heterocycles. The Bertz CT molecular complexity index is 1710. The lowest BCUT2D eigenvalue weighted by Gasteiger charge is -2.24. The summed E-state index contributed by atoms with van der Waals surface area (Å²) in [5, 5.41) is 5.49. The number of hydrogen-bond acceptors (Lipinski definition) is 7. The number of sulfonamides is 1. The van der Waals surface area contributed by atoms with Crippen molar-refractivity contribution < 1.29 is 36.6 Å². The van der Waals surface area contributed by atoms with Crippen molar-refractivity contribution in [3.63, 3.8) is 0 Å². The molecule has 10 nitrogen and oxygen atoms in total. The van der Waals surface area contributed by atoms with Gasteiger partial charge in [0.25, 0.3) is 15.9 Å². The van der Waals surface area contributed by atoms with Crippen LogP contribution in [0.5, 0.6) is 17.2 Å². The lowest BCUT2D eigenvalue weighted by atomic mass is 10.1. The first-order valence-electron chi connectivity index (χ1n) is 13.5. The summed E-state index contributed by atoms with van der Waals surface area (Å²) < 4.78 is 57.5. The van der Waals surface area contributed by atoms with Gasteiger partial charge in [-0.05, 0) is 84.8 Å². The molecule has 0 unspecified atom stereocenters. The number of carbonyl (C=O) groups is 2. The molecule has 0 aliphatic carbocycles. The molecule has 0 saturated heterocycles. The number of hydrogen-bond donors (Lipinski definition) is 2. The van der Waals surface area contributed by atoms with E-state index in [1.54, 1.807) is 44.6 Å². The third-order valence-corrected chi connectivity index (χ3v) is 8.43. The summed E-state index contributed by atoms with van der Waals surface area (Å²) in [5.41, 5.74) is 1.39. The number of halogens is 1. The fraction of sp³-hybridized carbons (Fsp3) is 0.188. The van der Waals surface area contributed by atoms with Crippen molar-refractivity contribution >= 4 is 33.2 Å². The lowest BCUT2D eigenvalue weighted by molar-refractivity contribution is -0.114. The smallest absolute Gasteiger partial charge is 0.264 e. The molecule has 0 radical (unpaired) electrons. The molecule has 0 bridgehead atoms. The van der Waals surface area contributed by atoms with Gasteiger partial charge in [0.1, 0.15) is 18.1 Å². The maximum absolute atomic E-state index is 13.7. The first kappa shape index (κ1) is 31.8. The van der Waals surface area contributed by atoms with E-state index in [4.69, 9.17) is 14.2 Å². The fourth-order valence-electron chi connectivity index (χ4n) is 4.36. The zero-order valence-electron chi connectivity index (χ0n) is 24.4. The molecular weight excluding hydrogens is 589 g/mol. The molecule has 0 spiro atoms. The number of ether oxygens (including phenoxy) is 3. The second-order valence-corrected chi connectivity index (χ2v) is 11.3. The largest absolute Gasteiger partial charge is 0.497 e. The molecule has 44 heavy (non-hydrogen) atoms. The highest BCUT2D eigenvalue weighted by Gasteiger charge is 2.28. The number of anilines is 2. The summed E-state index contributed by atoms with van der Waals surface area (Å²) in [6, 6.07) is 22.3. The van der Waals surface area contributed by atoms with Crippen LogP contribution in [0.2, 0.25) is 0 Å². The molecule has 0 atom stereocenters. The average Bonchev–Trinajstić information content (AvgIpc) is 3.04. The van der Waals surface area contributed by atoms with E-state index in [1.807, 2.05) is 12.1 Å². The van der Waals surface area contributed by atoms with E-state index in [2.05, 4.69) is 10.6 Å². The van der Waals surface area contributed by atoms with E-state index in [0.29, 0.717) is 30.2 Å². The van der Waals surface area contributed by atoms with Gasteiger partial charge in [0.05, 0.1) is 43.2 Å². The van der Waals surface area contributed by atoms with Crippen LogP contribution >= 0.6 is 0 Å². The molecule has 0 fully saturated rings. The monoisotopic (exact) mass is 621 g/mol. The highest BCUT2D eigenvalue weighted by atomic mass is 32.2. The van der Waals surface area contributed by atoms with Gasteiger partial charge in [-0.15, -0.1) is 0 Å². The normalized spacial score (nSPS) is 10.9. The third-order valence-electron chi connectivity index (χ3n) is 6.64. The molecule has 0 aliphatic heterocycles. The lowest BCUT2D eigenvalue weighted by Crippen LogP contribution is -2.38. The number of nitrogens with zero attached hydrogens (tertiary/aromatic N) is 1. The maximum Gasteiger partial charge on any atom is 0.264 e. The van der Waals surface area contributed by atoms with E-state index >= 15 is 0 Å². The number of methoxy groups -OCH3 is 3. The zero-order valence-corrected chi connectivity index (χ0v) is 25.2. The Morgan fingerprint density at radius 2 is 1.50 bits per heavy atom. The van der Waals surface area contributed by atoms with Crippen LogP contribution in [0.25, 0.3) is 0 Å². The van der Waals surface area contributed by atoms with Crippen molar-refractivity contribution in [1.82, 2.24) is 5.32 Å². The first-order valence-corrected chi connectivity index (χ1v) is 14.9. The molecule has 0 aliphatic rings. The Kier molecular flexibility index (Phi) is 10.4. The Hall–Kier alpha value is -5.10. The highest BCUT2D eigenvalue weighted by Crippen LogP contribution is 2.28. The van der Waals surface area contributed by atoms with Crippen LogP contribution in [0.3, 0.4) is 0 Å². The van der Waals surface area contributed by atoms with Gasteiger partial charge in [0, 0.05) is 6.54 Å². The number of amides is 2. The van der Waals surface area contributed by atoms with Gasteiger partial charge in [-0.25, -0.2) is 12.8 Å². The molecular formula is C32H32FN3O7S. The standard InChI is InChI=1S/C32H32FN3O7S/c1-41-25-13-15-26(16-14-25)44(39,40)36(24-11-9-23(33)10-12-24)21-31(37)35-28-7-5-4-6-27(28)32(38)34-19-18-22-8-17-29(42-2)30(20-22)43-3/h4-17,20H,18-19,21H2,1-3H3,(H,34,38)(H,35,37). The predicted molar refractivity (Wildman–Crippen MR) is 165 cm³/mol. The van der Waals surface area contributed by atoms with Crippen molar-refractivity contribution in [3.8, 4) is 17.2 Å². The first-order chi connectivity index (χ1) is 21.2. The van der Waals surface area contributed by atoms with E-state index in [0.717, 1.165) is 22.0 Å². The van der Waals surface area contributed by atoms with E-state index < -0.39 is 34.2 Å². The summed E-state index contributed by atoms with van der Waals surface area (Å²) in [6.07, 6.45) is 0.510. The van der Waals surface area contributed by atoms with Gasteiger partial charge in [-0.3, -0.25) is 13.9 Å². The predicted octanol–water partition coefficient (Wildman–Crippen LogP) is 4.66. The Morgan fingerprint density at radius 1 is 0.818 bits per heavy atom. The summed E-state index contributed by atoms with van der Waals surface area (Å²) in [4.78, 5) is 26.2. The number of carbonyl (C=O) groups excluding carboxylic acids is 2. The Balaban J connectivity index is 1.49. The van der Waals surface area contributed by atoms with Crippen molar-refractivity contribution in [1.29, 1.82) is 0 Å². The minimum atomic E-state index is -4.26. The number of benzene rings is 4. The number of nitrogens with one attached hydrogen (secondary N) is 2. The number of para-hydroxylation sites is 1. The summed E-state index contributed by atoms with van der Waals surface area (Å²) in [7, 11) is 0.292. The quantitative estimate of drug-likeness (QED) is 0.223. The molecule has 0 heterocycles. The molecule has 12 heteroatoms. The molecule has 2 N–H and O–H groups in total. The minimum absolute atomic E-state index is 0.0820. The zero-order chi connectivity index (χ0) is 31.7. The minimum Gasteiger partial charge on any atom is -0.497 e. The molecule has 4 rings (SSSR count). The second kappa shape index (κ2) is 14.4. The van der Waals surface area contributed by atoms with Gasteiger partial charge in [-0.1, -0.05) is 18.2 Å². The highest BCUT2D eigenvalue weighted by molar-refractivity contribution is 7.92. The Labute approximate surface area is 255 Å². The van der Waals surface area contributed by atoms with E-state index in [9.17, 15) is 22.4 Å². The average molecular weight is 622 g/mol. The maximum atomic E-state index is 13.7. The van der Waals surface area contributed by atoms with Gasteiger partial charge >= 0.3 is 0 Å². The van der Waals surface area contributed by atoms with Crippen molar-refractivity contribution in [2.75, 3.05) is 44.0 Å². The van der Waals surface area contributed by atoms with Crippen LogP contribution in [0.15, 0.2) is 95.9 Å². The summed E-state index contributed by atoms with van der Waals surface area (Å²) in [5.74, 6) is -0.0767. The topological polar surface area (TPSA) is 123 Å². The van der Waals surface area contributed by atoms with Crippen LogP contribution in [0, 0.1) is 5.82 Å². The molecule has 0 saturated carbocycles.